The van der Waals surface area contributed by atoms with Crippen molar-refractivity contribution in [1.82, 2.24) is 0 Å². The molecule has 0 fully saturated rings. The topological polar surface area (TPSA) is 0 Å². The Kier molecular flexibility index (Phi) is 3.54. The van der Waals surface area contributed by atoms with Gasteiger partial charge in [-0.15, -0.1) is 0 Å². The van der Waals surface area contributed by atoms with Gasteiger partial charge in [0, 0.05) is 0 Å². The molecule has 66 valence electrons. The number of hydrogen-bond donors (Lipinski definition) is 0. The van der Waals surface area contributed by atoms with E-state index >= 15 is 0 Å². The molecule has 0 aliphatic rings. The molecule has 0 N–H and O–H groups in total. The van der Waals surface area contributed by atoms with Gasteiger partial charge in [-0.2, -0.15) is 0 Å². The zero-order valence-electron chi connectivity index (χ0n) is 8.30. The minimum absolute atomic E-state index is 0.0444. The van der Waals surface area contributed by atoms with Crippen molar-refractivity contribution >= 4 is 14.7 Å². The smallest absolute Gasteiger partial charge is 0.0517 e. The molecule has 0 saturated carbocycles. The van der Waals surface area contributed by atoms with Gasteiger partial charge in [-0.1, -0.05) is 49.8 Å². The summed E-state index contributed by atoms with van der Waals surface area (Å²) in [4.78, 5) is 0. The Balaban J connectivity index is 2.77. The van der Waals surface area contributed by atoms with E-state index in [-0.39, 0.29) is 9.52 Å². The van der Waals surface area contributed by atoms with Crippen molar-refractivity contribution in [2.75, 3.05) is 0 Å². The molecule has 1 aromatic carbocycles. The van der Waals surface area contributed by atoms with Gasteiger partial charge in [-0.25, -0.2) is 0 Å². The van der Waals surface area contributed by atoms with Crippen molar-refractivity contribution in [3.8, 4) is 0 Å². The summed E-state index contributed by atoms with van der Waals surface area (Å²) in [5.74, 6) is 0.720. The molecule has 1 heteroatoms. The van der Waals surface area contributed by atoms with Crippen molar-refractivity contribution in [1.29, 1.82) is 0 Å². The SMILES string of the molecule is CCC(C)c1ccc([SiH2]C)cc1. The molecule has 0 nitrogen and oxygen atoms in total. The second-order valence-corrected chi connectivity index (χ2v) is 4.93. The lowest BCUT2D eigenvalue weighted by molar-refractivity contribution is 0.734. The van der Waals surface area contributed by atoms with E-state index in [1.807, 2.05) is 0 Å². The van der Waals surface area contributed by atoms with Crippen LogP contribution in [-0.2, 0) is 0 Å². The van der Waals surface area contributed by atoms with E-state index in [2.05, 4.69) is 44.7 Å². The molecule has 0 radical (unpaired) electrons. The molecule has 0 heterocycles. The van der Waals surface area contributed by atoms with E-state index in [0.29, 0.717) is 0 Å². The van der Waals surface area contributed by atoms with Crippen molar-refractivity contribution in [3.05, 3.63) is 29.8 Å². The fraction of sp³-hybridized carbons (Fsp3) is 0.455. The highest BCUT2D eigenvalue weighted by atomic mass is 28.2. The van der Waals surface area contributed by atoms with Crippen LogP contribution >= 0.6 is 0 Å². The average Bonchev–Trinajstić information content (AvgIpc) is 2.17. The number of benzene rings is 1. The van der Waals surface area contributed by atoms with Crippen LogP contribution in [0.5, 0.6) is 0 Å². The first kappa shape index (κ1) is 9.52. The molecule has 0 aromatic heterocycles. The molecule has 1 rings (SSSR count). The first-order chi connectivity index (χ1) is 5.77. The Morgan fingerprint density at radius 1 is 1.25 bits per heavy atom. The van der Waals surface area contributed by atoms with Crippen molar-refractivity contribution in [2.45, 2.75) is 32.7 Å². The van der Waals surface area contributed by atoms with Gasteiger partial charge < -0.3 is 0 Å². The second kappa shape index (κ2) is 4.46. The van der Waals surface area contributed by atoms with Crippen LogP contribution in [0.25, 0.3) is 0 Å². The normalized spacial score (nSPS) is 13.9. The molecule has 0 aliphatic carbocycles. The van der Waals surface area contributed by atoms with Gasteiger partial charge in [-0.05, 0) is 17.9 Å². The number of hydrogen-bond acceptors (Lipinski definition) is 0. The van der Waals surface area contributed by atoms with E-state index in [1.165, 1.54) is 12.0 Å². The van der Waals surface area contributed by atoms with Crippen LogP contribution in [0.1, 0.15) is 31.7 Å². The third kappa shape index (κ3) is 2.21. The maximum Gasteiger partial charge on any atom is 0.0517 e. The molecule has 12 heavy (non-hydrogen) atoms. The Hall–Kier alpha value is -0.563. The maximum atomic E-state index is 2.33. The minimum atomic E-state index is 0.0444. The molecular weight excluding hydrogens is 160 g/mol. The Labute approximate surface area is 77.8 Å². The summed E-state index contributed by atoms with van der Waals surface area (Å²) in [6.45, 7) is 6.86. The maximum absolute atomic E-state index is 2.33. The van der Waals surface area contributed by atoms with E-state index in [1.54, 1.807) is 5.19 Å². The molecule has 0 aliphatic heterocycles. The summed E-state index contributed by atoms with van der Waals surface area (Å²) < 4.78 is 0. The van der Waals surface area contributed by atoms with Crippen LogP contribution in [0.2, 0.25) is 6.55 Å². The third-order valence-electron chi connectivity index (χ3n) is 2.57. The second-order valence-electron chi connectivity index (χ2n) is 3.40. The van der Waals surface area contributed by atoms with Crippen molar-refractivity contribution in [2.24, 2.45) is 0 Å². The van der Waals surface area contributed by atoms with Gasteiger partial charge in [0.2, 0.25) is 0 Å². The highest BCUT2D eigenvalue weighted by molar-refractivity contribution is 6.51. The summed E-state index contributed by atoms with van der Waals surface area (Å²) in [5, 5.41) is 1.57. The summed E-state index contributed by atoms with van der Waals surface area (Å²) in [7, 11) is 0.0444. The molecule has 0 saturated heterocycles. The minimum Gasteiger partial charge on any atom is -0.0708 e. The average molecular weight is 178 g/mol. The Bertz CT molecular complexity index is 225. The monoisotopic (exact) mass is 178 g/mol. The molecule has 1 aromatic rings. The van der Waals surface area contributed by atoms with Crippen LogP contribution in [-0.4, -0.2) is 9.52 Å². The van der Waals surface area contributed by atoms with E-state index in [4.69, 9.17) is 0 Å². The lowest BCUT2D eigenvalue weighted by atomic mass is 9.99. The van der Waals surface area contributed by atoms with Gasteiger partial charge in [0.15, 0.2) is 0 Å². The Morgan fingerprint density at radius 3 is 2.25 bits per heavy atom. The van der Waals surface area contributed by atoms with Crippen LogP contribution in [0.15, 0.2) is 24.3 Å². The number of rotatable bonds is 3. The fourth-order valence-electron chi connectivity index (χ4n) is 1.32. The third-order valence-corrected chi connectivity index (χ3v) is 3.86. The molecule has 1 atom stereocenters. The molecule has 0 spiro atoms. The summed E-state index contributed by atoms with van der Waals surface area (Å²) in [6.07, 6.45) is 1.24. The standard InChI is InChI=1S/C11H18Si/c1-4-9(2)10-5-7-11(12-3)8-6-10/h5-9H,4,12H2,1-3H3. The molecule has 0 bridgehead atoms. The molecule has 1 unspecified atom stereocenters. The Morgan fingerprint density at radius 2 is 1.83 bits per heavy atom. The fourth-order valence-corrected chi connectivity index (χ4v) is 2.02. The molecule has 0 amide bonds. The van der Waals surface area contributed by atoms with E-state index < -0.39 is 0 Å². The van der Waals surface area contributed by atoms with E-state index in [0.717, 1.165) is 5.92 Å². The first-order valence-electron chi connectivity index (χ1n) is 4.86. The zero-order chi connectivity index (χ0) is 8.97. The van der Waals surface area contributed by atoms with Gasteiger partial charge in [0.25, 0.3) is 0 Å². The summed E-state index contributed by atoms with van der Waals surface area (Å²) >= 11 is 0. The van der Waals surface area contributed by atoms with Crippen LogP contribution < -0.4 is 5.19 Å². The predicted octanol–water partition coefficient (Wildman–Crippen LogP) is 2.04. The zero-order valence-corrected chi connectivity index (χ0v) is 9.72. The van der Waals surface area contributed by atoms with Crippen molar-refractivity contribution < 1.29 is 0 Å². The van der Waals surface area contributed by atoms with Crippen LogP contribution in [0.3, 0.4) is 0 Å². The highest BCUT2D eigenvalue weighted by Crippen LogP contribution is 2.16. The van der Waals surface area contributed by atoms with Gasteiger partial charge in [-0.3, -0.25) is 0 Å². The highest BCUT2D eigenvalue weighted by Gasteiger charge is 2.00. The predicted molar refractivity (Wildman–Crippen MR) is 59.2 cm³/mol. The quantitative estimate of drug-likeness (QED) is 0.621. The van der Waals surface area contributed by atoms with Crippen LogP contribution in [0.4, 0.5) is 0 Å². The largest absolute Gasteiger partial charge is 0.0708 e. The van der Waals surface area contributed by atoms with Crippen LogP contribution in [0, 0.1) is 0 Å². The lowest BCUT2D eigenvalue weighted by Gasteiger charge is -2.08. The molecular formula is C11H18Si. The summed E-state index contributed by atoms with van der Waals surface area (Å²) in [6, 6.07) is 9.18. The van der Waals surface area contributed by atoms with Gasteiger partial charge >= 0.3 is 0 Å². The van der Waals surface area contributed by atoms with Gasteiger partial charge in [0.05, 0.1) is 9.52 Å². The first-order valence-corrected chi connectivity index (χ1v) is 6.98. The van der Waals surface area contributed by atoms with E-state index in [9.17, 15) is 0 Å². The summed E-state index contributed by atoms with van der Waals surface area (Å²) in [5.41, 5.74) is 1.49. The van der Waals surface area contributed by atoms with Crippen molar-refractivity contribution in [3.63, 3.8) is 0 Å². The lowest BCUT2D eigenvalue weighted by Crippen LogP contribution is -2.09. The van der Waals surface area contributed by atoms with Gasteiger partial charge in [0.1, 0.15) is 0 Å².